The molecule has 31 heavy (non-hydrogen) atoms. The third-order valence-electron chi connectivity index (χ3n) is 4.91. The molecule has 1 N–H and O–H groups in total. The predicted octanol–water partition coefficient (Wildman–Crippen LogP) is 5.09. The van der Waals surface area contributed by atoms with Crippen LogP contribution in [-0.4, -0.2) is 34.9 Å². The van der Waals surface area contributed by atoms with E-state index in [2.05, 4.69) is 21.2 Å². The molecule has 0 bridgehead atoms. The normalized spacial score (nSPS) is 12.3. The first-order valence-corrected chi connectivity index (χ1v) is 11.2. The second-order valence-corrected chi connectivity index (χ2v) is 9.88. The van der Waals surface area contributed by atoms with Crippen LogP contribution in [0.4, 0.5) is 0 Å². The Labute approximate surface area is 194 Å². The molecule has 168 valence electrons. The van der Waals surface area contributed by atoms with Gasteiger partial charge in [-0.2, -0.15) is 0 Å². The Hall–Kier alpha value is -2.34. The van der Waals surface area contributed by atoms with Crippen LogP contribution in [0.2, 0.25) is 0 Å². The molecule has 0 aliphatic carbocycles. The fourth-order valence-corrected chi connectivity index (χ4v) is 3.39. The maximum atomic E-state index is 13.1. The van der Waals surface area contributed by atoms with Crippen molar-refractivity contribution in [3.8, 4) is 5.75 Å². The summed E-state index contributed by atoms with van der Waals surface area (Å²) in [5.41, 5.74) is 3.80. The van der Waals surface area contributed by atoms with Crippen molar-refractivity contribution >= 4 is 27.7 Å². The predicted molar refractivity (Wildman–Crippen MR) is 128 cm³/mol. The first kappa shape index (κ1) is 24.9. The Balaban J connectivity index is 2.20. The number of nitrogens with one attached hydrogen (secondary N) is 1. The number of hydrogen-bond donors (Lipinski definition) is 1. The number of carbonyl (C=O) groups excluding carboxylic acids is 2. The van der Waals surface area contributed by atoms with Gasteiger partial charge in [0.1, 0.15) is 11.8 Å². The monoisotopic (exact) mass is 488 g/mol. The summed E-state index contributed by atoms with van der Waals surface area (Å²) in [7, 11) is 0. The molecule has 2 aromatic rings. The number of halogens is 1. The minimum atomic E-state index is -0.634. The summed E-state index contributed by atoms with van der Waals surface area (Å²) in [6.07, 6.45) is 0. The third-order valence-corrected chi connectivity index (χ3v) is 6.16. The SMILES string of the molecule is Cc1ccc(CN(C(=O)COc2cc(C)c(Br)c(C)c2)[C@@H](C)C(=O)NC(C)(C)C)cc1. The zero-order chi connectivity index (χ0) is 23.3. The van der Waals surface area contributed by atoms with Crippen molar-refractivity contribution in [2.75, 3.05) is 6.61 Å². The van der Waals surface area contributed by atoms with Crippen molar-refractivity contribution in [1.29, 1.82) is 0 Å². The minimum Gasteiger partial charge on any atom is -0.484 e. The lowest BCUT2D eigenvalue weighted by Gasteiger charge is -2.31. The number of aryl methyl sites for hydroxylation is 3. The van der Waals surface area contributed by atoms with E-state index in [-0.39, 0.29) is 24.0 Å². The summed E-state index contributed by atoms with van der Waals surface area (Å²) in [5, 5.41) is 2.97. The van der Waals surface area contributed by atoms with Crippen LogP contribution in [0.25, 0.3) is 0 Å². The molecule has 0 radical (unpaired) electrons. The van der Waals surface area contributed by atoms with Gasteiger partial charge in [0.25, 0.3) is 5.91 Å². The molecule has 0 aromatic heterocycles. The van der Waals surface area contributed by atoms with Gasteiger partial charge in [0.05, 0.1) is 0 Å². The fourth-order valence-electron chi connectivity index (χ4n) is 3.16. The number of hydrogen-bond acceptors (Lipinski definition) is 3. The van der Waals surface area contributed by atoms with Crippen molar-refractivity contribution in [3.63, 3.8) is 0 Å². The highest BCUT2D eigenvalue weighted by Gasteiger charge is 2.28. The average Bonchev–Trinajstić information content (AvgIpc) is 2.67. The van der Waals surface area contributed by atoms with Crippen LogP contribution in [-0.2, 0) is 16.1 Å². The molecular weight excluding hydrogens is 456 g/mol. The number of amides is 2. The number of rotatable bonds is 7. The molecule has 0 aliphatic rings. The Bertz CT molecular complexity index is 910. The van der Waals surface area contributed by atoms with Gasteiger partial charge < -0.3 is 15.0 Å². The van der Waals surface area contributed by atoms with Crippen LogP contribution in [0.5, 0.6) is 5.75 Å². The van der Waals surface area contributed by atoms with Crippen molar-refractivity contribution in [3.05, 3.63) is 63.1 Å². The molecular formula is C25H33BrN2O3. The molecule has 0 saturated carbocycles. The van der Waals surface area contributed by atoms with E-state index in [1.807, 2.05) is 77.9 Å². The molecule has 0 spiro atoms. The molecule has 0 unspecified atom stereocenters. The molecule has 0 heterocycles. The Morgan fingerprint density at radius 3 is 2.13 bits per heavy atom. The van der Waals surface area contributed by atoms with Gasteiger partial charge in [0.15, 0.2) is 6.61 Å². The fraction of sp³-hybridized carbons (Fsp3) is 0.440. The topological polar surface area (TPSA) is 58.6 Å². The van der Waals surface area contributed by atoms with Gasteiger partial charge in [0, 0.05) is 16.6 Å². The molecule has 2 amide bonds. The molecule has 6 heteroatoms. The maximum Gasteiger partial charge on any atom is 0.261 e. The average molecular weight is 489 g/mol. The summed E-state index contributed by atoms with van der Waals surface area (Å²) in [5.74, 6) is 0.201. The smallest absolute Gasteiger partial charge is 0.261 e. The molecule has 0 saturated heterocycles. The summed E-state index contributed by atoms with van der Waals surface area (Å²) in [6, 6.07) is 11.1. The number of carbonyl (C=O) groups is 2. The van der Waals surface area contributed by atoms with Gasteiger partial charge in [0.2, 0.25) is 5.91 Å². The highest BCUT2D eigenvalue weighted by atomic mass is 79.9. The number of ether oxygens (including phenoxy) is 1. The highest BCUT2D eigenvalue weighted by Crippen LogP contribution is 2.26. The highest BCUT2D eigenvalue weighted by molar-refractivity contribution is 9.10. The van der Waals surface area contributed by atoms with E-state index >= 15 is 0 Å². The zero-order valence-electron chi connectivity index (χ0n) is 19.5. The molecule has 1 atom stereocenters. The minimum absolute atomic E-state index is 0.139. The van der Waals surface area contributed by atoms with Crippen molar-refractivity contribution in [2.24, 2.45) is 0 Å². The molecule has 5 nitrogen and oxygen atoms in total. The quantitative estimate of drug-likeness (QED) is 0.590. The largest absolute Gasteiger partial charge is 0.484 e. The first-order chi connectivity index (χ1) is 14.4. The summed E-state index contributed by atoms with van der Waals surface area (Å²) < 4.78 is 6.84. The molecule has 0 fully saturated rings. The van der Waals surface area contributed by atoms with E-state index < -0.39 is 6.04 Å². The number of benzene rings is 2. The standard InChI is InChI=1S/C25H33BrN2O3/c1-16-8-10-20(11-9-16)14-28(19(4)24(30)27-25(5,6)7)22(29)15-31-21-12-17(2)23(26)18(3)13-21/h8-13,19H,14-15H2,1-7H3,(H,27,30)/t19-/m0/s1. The van der Waals surface area contributed by atoms with Gasteiger partial charge >= 0.3 is 0 Å². The van der Waals surface area contributed by atoms with Crippen LogP contribution in [0.15, 0.2) is 40.9 Å². The van der Waals surface area contributed by atoms with E-state index in [4.69, 9.17) is 4.74 Å². The lowest BCUT2D eigenvalue weighted by molar-refractivity contribution is -0.142. The lowest BCUT2D eigenvalue weighted by Crippen LogP contribution is -2.53. The van der Waals surface area contributed by atoms with Crippen LogP contribution in [0.1, 0.15) is 49.9 Å². The van der Waals surface area contributed by atoms with Gasteiger partial charge in [-0.15, -0.1) is 0 Å². The van der Waals surface area contributed by atoms with E-state index in [1.54, 1.807) is 11.8 Å². The van der Waals surface area contributed by atoms with Crippen LogP contribution >= 0.6 is 15.9 Å². The van der Waals surface area contributed by atoms with E-state index in [9.17, 15) is 9.59 Å². The molecule has 0 aliphatic heterocycles. The Morgan fingerprint density at radius 1 is 1.06 bits per heavy atom. The summed E-state index contributed by atoms with van der Waals surface area (Å²) in [4.78, 5) is 27.5. The van der Waals surface area contributed by atoms with Gasteiger partial charge in [-0.05, 0) is 77.3 Å². The van der Waals surface area contributed by atoms with Crippen LogP contribution in [0.3, 0.4) is 0 Å². The molecule has 2 rings (SSSR count). The first-order valence-electron chi connectivity index (χ1n) is 10.4. The van der Waals surface area contributed by atoms with Gasteiger partial charge in [-0.1, -0.05) is 45.8 Å². The van der Waals surface area contributed by atoms with E-state index in [0.717, 1.165) is 26.7 Å². The Kier molecular flexibility index (Phi) is 8.29. The molecule has 2 aromatic carbocycles. The van der Waals surface area contributed by atoms with Crippen molar-refractivity contribution in [1.82, 2.24) is 10.2 Å². The van der Waals surface area contributed by atoms with Crippen molar-refractivity contribution in [2.45, 2.75) is 66.6 Å². The van der Waals surface area contributed by atoms with Crippen molar-refractivity contribution < 1.29 is 14.3 Å². The van der Waals surface area contributed by atoms with E-state index in [1.165, 1.54) is 0 Å². The summed E-state index contributed by atoms with van der Waals surface area (Å²) >= 11 is 3.54. The zero-order valence-corrected chi connectivity index (χ0v) is 21.1. The lowest BCUT2D eigenvalue weighted by atomic mass is 10.1. The van der Waals surface area contributed by atoms with Gasteiger partial charge in [-0.3, -0.25) is 9.59 Å². The Morgan fingerprint density at radius 2 is 1.61 bits per heavy atom. The second kappa shape index (κ2) is 10.3. The number of nitrogens with zero attached hydrogens (tertiary/aromatic N) is 1. The summed E-state index contributed by atoms with van der Waals surface area (Å²) in [6.45, 7) is 13.7. The van der Waals surface area contributed by atoms with Gasteiger partial charge in [-0.25, -0.2) is 0 Å². The van der Waals surface area contributed by atoms with Crippen LogP contribution in [0, 0.1) is 20.8 Å². The maximum absolute atomic E-state index is 13.1. The third kappa shape index (κ3) is 7.39. The second-order valence-electron chi connectivity index (χ2n) is 9.08. The van der Waals surface area contributed by atoms with E-state index in [0.29, 0.717) is 12.3 Å². The van der Waals surface area contributed by atoms with Crippen LogP contribution < -0.4 is 10.1 Å².